The Balaban J connectivity index is 0. The van der Waals surface area contributed by atoms with Crippen LogP contribution in [0.5, 0.6) is 0 Å². The van der Waals surface area contributed by atoms with E-state index in [1.807, 2.05) is 0 Å². The third-order valence-electron chi connectivity index (χ3n) is 2.92. The zero-order chi connectivity index (χ0) is 25.9. The summed E-state index contributed by atoms with van der Waals surface area (Å²) in [7, 11) is 19.7. The van der Waals surface area contributed by atoms with E-state index in [2.05, 4.69) is 18.9 Å². The van der Waals surface area contributed by atoms with Gasteiger partial charge in [0.2, 0.25) is 0 Å². The van der Waals surface area contributed by atoms with Crippen LogP contribution in [0.4, 0.5) is 0 Å². The van der Waals surface area contributed by atoms with Gasteiger partial charge in [0.15, 0.2) is 0 Å². The first-order valence-corrected chi connectivity index (χ1v) is 22.0. The molecular weight excluding hydrogens is 708 g/mol. The fraction of sp³-hybridized carbons (Fsp3) is 0.750. The van der Waals surface area contributed by atoms with Crippen molar-refractivity contribution in [3.05, 3.63) is 0 Å². The van der Waals surface area contributed by atoms with Crippen LogP contribution < -0.4 is 0 Å². The van der Waals surface area contributed by atoms with Crippen molar-refractivity contribution in [2.45, 2.75) is 0 Å². The van der Waals surface area contributed by atoms with E-state index in [0.717, 1.165) is 0 Å². The second-order valence-electron chi connectivity index (χ2n) is 5.14. The molecule has 1 aliphatic rings. The van der Waals surface area contributed by atoms with Gasteiger partial charge in [0.05, 0.1) is 52.9 Å². The van der Waals surface area contributed by atoms with Crippen LogP contribution in [-0.2, 0) is 98.8 Å². The fourth-order valence-corrected chi connectivity index (χ4v) is 1.65. The van der Waals surface area contributed by atoms with Crippen LogP contribution in [0.2, 0.25) is 0 Å². The van der Waals surface area contributed by atoms with E-state index in [-0.39, 0.29) is 79.3 Å². The molecule has 0 unspecified atom stereocenters. The molecule has 34 heavy (non-hydrogen) atoms. The molecule has 0 aromatic rings. The number of rotatable bonds is 0. The van der Waals surface area contributed by atoms with Gasteiger partial charge in [-0.05, 0) is 0 Å². The van der Waals surface area contributed by atoms with E-state index in [4.69, 9.17) is 53.0 Å². The van der Waals surface area contributed by atoms with Gasteiger partial charge in [-0.3, -0.25) is 0 Å². The number of carbonyl (C=O) groups is 4. The zero-order valence-electron chi connectivity index (χ0n) is 17.9. The molecule has 0 aromatic heterocycles. The molecule has 1 heterocycles. The first-order valence-electron chi connectivity index (χ1n) is 9.35. The molecule has 1 saturated heterocycles. The standard InChI is InChI=1S/C16H24O12.4ClH.2Zr/c17-13-14(18)27-11-7-23-3-4-24-8-12-28-16(20)15(19)26-10-6-22-2-1-21-5-9-25-13;;;;;;/h1-12H2;4*1H;;/q;;;;;2*+2/p-4. The Morgan fingerprint density at radius 1 is 0.382 bits per heavy atom. The Morgan fingerprint density at radius 2 is 0.529 bits per heavy atom. The second-order valence-corrected chi connectivity index (χ2v) is 12.6. The minimum atomic E-state index is -1.12. The van der Waals surface area contributed by atoms with Gasteiger partial charge in [-0.1, -0.05) is 0 Å². The summed E-state index contributed by atoms with van der Waals surface area (Å²) in [6.45, 7) is 0.512. The van der Waals surface area contributed by atoms with Crippen molar-refractivity contribution in [1.82, 2.24) is 0 Å². The molecule has 0 aliphatic carbocycles. The van der Waals surface area contributed by atoms with E-state index in [9.17, 15) is 19.2 Å². The van der Waals surface area contributed by atoms with Gasteiger partial charge in [0.1, 0.15) is 26.4 Å². The molecule has 0 spiro atoms. The van der Waals surface area contributed by atoms with Crippen molar-refractivity contribution in [1.29, 1.82) is 0 Å². The molecule has 0 N–H and O–H groups in total. The average Bonchev–Trinajstić information content (AvgIpc) is 2.81. The predicted octanol–water partition coefficient (Wildman–Crippen LogP) is 0.992. The van der Waals surface area contributed by atoms with Gasteiger partial charge in [-0.25, -0.2) is 19.2 Å². The Morgan fingerprint density at radius 3 is 0.706 bits per heavy atom. The topological polar surface area (TPSA) is 142 Å². The normalized spacial score (nSPS) is 18.5. The number of halogens is 4. The Kier molecular flexibility index (Phi) is 32.3. The van der Waals surface area contributed by atoms with E-state index in [1.54, 1.807) is 0 Å². The second kappa shape index (κ2) is 29.9. The molecule has 0 bridgehead atoms. The summed E-state index contributed by atoms with van der Waals surface area (Å²) in [5.74, 6) is -4.47. The van der Waals surface area contributed by atoms with Crippen LogP contribution in [0.25, 0.3) is 0 Å². The first-order chi connectivity index (χ1) is 16.4. The summed E-state index contributed by atoms with van der Waals surface area (Å²) in [4.78, 5) is 45.4. The third kappa shape index (κ3) is 27.2. The maximum atomic E-state index is 11.4. The quantitative estimate of drug-likeness (QED) is 0.199. The van der Waals surface area contributed by atoms with Crippen LogP contribution in [0.3, 0.4) is 0 Å². The molecule has 0 radical (unpaired) electrons. The van der Waals surface area contributed by atoms with Gasteiger partial charge in [0.25, 0.3) is 0 Å². The first kappa shape index (κ1) is 36.8. The number of cyclic esters (lactones) is 4. The Labute approximate surface area is 234 Å². The third-order valence-corrected chi connectivity index (χ3v) is 2.92. The number of carbonyl (C=O) groups excluding carboxylic acids is 4. The van der Waals surface area contributed by atoms with E-state index in [0.29, 0.717) is 0 Å². The molecule has 1 rings (SSSR count). The van der Waals surface area contributed by atoms with Crippen LogP contribution >= 0.6 is 34.1 Å². The van der Waals surface area contributed by atoms with Crippen molar-refractivity contribution in [2.75, 3.05) is 79.3 Å². The molecule has 0 aromatic carbocycles. The summed E-state index contributed by atoms with van der Waals surface area (Å²) < 4.78 is 39.2. The van der Waals surface area contributed by atoms with Crippen LogP contribution in [0.1, 0.15) is 0 Å². The van der Waals surface area contributed by atoms with Gasteiger partial charge >= 0.3 is 99.6 Å². The summed E-state index contributed by atoms with van der Waals surface area (Å²) in [6, 6.07) is 0. The number of hydrogen-bond donors (Lipinski definition) is 0. The Bertz CT molecular complexity index is 458. The summed E-state index contributed by atoms with van der Waals surface area (Å²) in [6.07, 6.45) is 0. The molecule has 1 aliphatic heterocycles. The fourth-order valence-electron chi connectivity index (χ4n) is 1.65. The van der Waals surface area contributed by atoms with Crippen LogP contribution in [0, 0.1) is 0 Å². The summed E-state index contributed by atoms with van der Waals surface area (Å²) >= 11 is -1.65. The average molecular weight is 733 g/mol. The summed E-state index contributed by atoms with van der Waals surface area (Å²) in [5.41, 5.74) is 0. The number of ether oxygens (including phenoxy) is 8. The zero-order valence-corrected chi connectivity index (χ0v) is 25.8. The van der Waals surface area contributed by atoms with Crippen molar-refractivity contribution in [2.24, 2.45) is 0 Å². The molecule has 0 saturated carbocycles. The van der Waals surface area contributed by atoms with Gasteiger partial charge < -0.3 is 37.9 Å². The van der Waals surface area contributed by atoms with E-state index < -0.39 is 65.6 Å². The van der Waals surface area contributed by atoms with Gasteiger partial charge in [0, 0.05) is 0 Å². The molecule has 196 valence electrons. The molecule has 0 atom stereocenters. The predicted molar refractivity (Wildman–Crippen MR) is 111 cm³/mol. The van der Waals surface area contributed by atoms with Gasteiger partial charge in [-0.2, -0.15) is 0 Å². The molecule has 1 fully saturated rings. The van der Waals surface area contributed by atoms with Crippen LogP contribution in [-0.4, -0.2) is 103 Å². The number of hydrogen-bond acceptors (Lipinski definition) is 12. The molecule has 12 nitrogen and oxygen atoms in total. The van der Waals surface area contributed by atoms with E-state index in [1.165, 1.54) is 0 Å². The molecular formula is C16H24Cl4O12Zr2. The molecule has 0 amide bonds. The number of esters is 4. The van der Waals surface area contributed by atoms with Crippen molar-refractivity contribution in [3.63, 3.8) is 0 Å². The van der Waals surface area contributed by atoms with E-state index >= 15 is 0 Å². The monoisotopic (exact) mass is 728 g/mol. The van der Waals surface area contributed by atoms with Gasteiger partial charge in [-0.15, -0.1) is 0 Å². The molecule has 18 heteroatoms. The van der Waals surface area contributed by atoms with Crippen LogP contribution in [0.15, 0.2) is 0 Å². The minimum absolute atomic E-state index is 0.0618. The van der Waals surface area contributed by atoms with Crippen molar-refractivity contribution < 1.29 is 98.8 Å². The SMILES string of the molecule is O=C1OCCOCCOCCOC(=O)C(=O)OCCOCCOCCOC1=O.[Cl][Zr][Cl].[Cl][Zr][Cl]. The summed E-state index contributed by atoms with van der Waals surface area (Å²) in [5, 5.41) is 0. The van der Waals surface area contributed by atoms with Crippen molar-refractivity contribution in [3.8, 4) is 0 Å². The Hall–Kier alpha value is 0.646. The maximum absolute atomic E-state index is 11.4. The van der Waals surface area contributed by atoms with Crippen molar-refractivity contribution >= 4 is 57.9 Å².